The molecule has 4 bridgehead atoms. The van der Waals surface area contributed by atoms with E-state index in [1.54, 1.807) is 0 Å². The lowest BCUT2D eigenvalue weighted by Gasteiger charge is -2.26. The third-order valence-corrected chi connectivity index (χ3v) is 6.85. The maximum Gasteiger partial charge on any atom is 0.345 e. The van der Waals surface area contributed by atoms with E-state index in [9.17, 15) is 14.7 Å². The van der Waals surface area contributed by atoms with Gasteiger partial charge in [0.05, 0.1) is 6.61 Å². The molecule has 5 heterocycles. The van der Waals surface area contributed by atoms with Crippen LogP contribution in [0.15, 0.2) is 22.6 Å². The van der Waals surface area contributed by atoms with Gasteiger partial charge in [-0.1, -0.05) is 12.2 Å². The maximum atomic E-state index is 12.8. The molecule has 8 heteroatoms. The molecule has 0 unspecified atom stereocenters. The normalized spacial score (nSPS) is 41.3. The second kappa shape index (κ2) is 6.42. The fourth-order valence-electron chi connectivity index (χ4n) is 5.05. The second-order valence-corrected chi connectivity index (χ2v) is 9.13. The van der Waals surface area contributed by atoms with Gasteiger partial charge in [-0.25, -0.2) is 4.79 Å². The predicted octanol–water partition coefficient (Wildman–Crippen LogP) is 2.13. The highest BCUT2D eigenvalue weighted by Crippen LogP contribution is 2.59. The van der Waals surface area contributed by atoms with Crippen LogP contribution in [-0.2, 0) is 41.6 Å². The molecule has 162 valence electrons. The van der Waals surface area contributed by atoms with Gasteiger partial charge in [-0.05, 0) is 32.3 Å². The molecule has 5 rings (SSSR count). The Hall–Kier alpha value is -2.16. The van der Waals surface area contributed by atoms with E-state index in [1.807, 2.05) is 19.9 Å². The Labute approximate surface area is 174 Å². The van der Waals surface area contributed by atoms with Crippen molar-refractivity contribution < 1.29 is 38.1 Å². The summed E-state index contributed by atoms with van der Waals surface area (Å²) in [5.74, 6) is 0.170. The minimum atomic E-state index is -1.27. The van der Waals surface area contributed by atoms with Crippen molar-refractivity contribution in [2.24, 2.45) is 5.92 Å². The lowest BCUT2D eigenvalue weighted by molar-refractivity contribution is -0.165. The van der Waals surface area contributed by atoms with Crippen LogP contribution in [0.3, 0.4) is 0 Å². The third-order valence-electron chi connectivity index (χ3n) is 6.85. The average Bonchev–Trinajstić information content (AvgIpc) is 3.49. The first-order valence-electron chi connectivity index (χ1n) is 10.3. The first-order valence-corrected chi connectivity index (χ1v) is 10.3. The van der Waals surface area contributed by atoms with Gasteiger partial charge >= 0.3 is 11.9 Å². The first-order chi connectivity index (χ1) is 14.2. The molecule has 1 aromatic rings. The number of epoxide rings is 2. The number of aliphatic hydroxyl groups excluding tert-OH is 1. The van der Waals surface area contributed by atoms with Crippen molar-refractivity contribution in [2.75, 3.05) is 0 Å². The van der Waals surface area contributed by atoms with Gasteiger partial charge < -0.3 is 28.5 Å². The van der Waals surface area contributed by atoms with E-state index in [0.717, 1.165) is 5.57 Å². The molecular formula is C22H26O8. The number of fused-ring (bicyclic) bond motifs is 4. The van der Waals surface area contributed by atoms with Crippen LogP contribution in [-0.4, -0.2) is 46.6 Å². The average molecular weight is 418 g/mol. The van der Waals surface area contributed by atoms with E-state index in [0.29, 0.717) is 36.3 Å². The van der Waals surface area contributed by atoms with Gasteiger partial charge in [-0.15, -0.1) is 0 Å². The van der Waals surface area contributed by atoms with Crippen LogP contribution in [0.1, 0.15) is 56.8 Å². The Kier molecular flexibility index (Phi) is 4.23. The van der Waals surface area contributed by atoms with Crippen LogP contribution < -0.4 is 0 Å². The molecule has 30 heavy (non-hydrogen) atoms. The summed E-state index contributed by atoms with van der Waals surface area (Å²) in [7, 11) is 0. The van der Waals surface area contributed by atoms with E-state index in [2.05, 4.69) is 6.58 Å². The Balaban J connectivity index is 1.56. The predicted molar refractivity (Wildman–Crippen MR) is 101 cm³/mol. The minimum absolute atomic E-state index is 0.155. The van der Waals surface area contributed by atoms with Crippen molar-refractivity contribution >= 4 is 11.9 Å². The number of carbonyl (C=O) groups is 2. The summed E-state index contributed by atoms with van der Waals surface area (Å²) in [5, 5.41) is 9.83. The fraction of sp³-hybridized carbons (Fsp3) is 0.636. The Morgan fingerprint density at radius 2 is 2.13 bits per heavy atom. The number of ether oxygens (including phenoxy) is 4. The van der Waals surface area contributed by atoms with Crippen molar-refractivity contribution in [3.8, 4) is 0 Å². The molecule has 1 aromatic heterocycles. The summed E-state index contributed by atoms with van der Waals surface area (Å²) in [5.41, 5.74) is -0.281. The number of rotatable bonds is 3. The molecule has 8 nitrogen and oxygen atoms in total. The molecule has 7 atom stereocenters. The van der Waals surface area contributed by atoms with Crippen molar-refractivity contribution in [1.29, 1.82) is 0 Å². The zero-order valence-electron chi connectivity index (χ0n) is 17.3. The van der Waals surface area contributed by atoms with E-state index >= 15 is 0 Å². The maximum absolute atomic E-state index is 12.8. The molecule has 0 radical (unpaired) electrons. The summed E-state index contributed by atoms with van der Waals surface area (Å²) >= 11 is 0. The molecule has 1 N–H and O–H groups in total. The summed E-state index contributed by atoms with van der Waals surface area (Å²) in [6.45, 7) is 9.07. The van der Waals surface area contributed by atoms with Crippen LogP contribution in [0.5, 0.6) is 0 Å². The largest absolute Gasteiger partial charge is 0.463 e. The van der Waals surface area contributed by atoms with Crippen molar-refractivity contribution in [1.82, 2.24) is 0 Å². The van der Waals surface area contributed by atoms with Crippen molar-refractivity contribution in [2.45, 2.75) is 82.3 Å². The number of aliphatic hydroxyl groups is 1. The smallest absolute Gasteiger partial charge is 0.345 e. The second-order valence-electron chi connectivity index (χ2n) is 9.13. The van der Waals surface area contributed by atoms with Crippen molar-refractivity contribution in [3.05, 3.63) is 35.3 Å². The van der Waals surface area contributed by atoms with E-state index < -0.39 is 41.5 Å². The van der Waals surface area contributed by atoms with Crippen LogP contribution in [0, 0.1) is 5.92 Å². The molecule has 4 aliphatic heterocycles. The molecule has 0 spiro atoms. The quantitative estimate of drug-likeness (QED) is 0.451. The number of carbonyl (C=O) groups excluding carboxylic acids is 2. The number of esters is 2. The topological polar surface area (TPSA) is 111 Å². The number of furan rings is 1. The molecule has 3 saturated heterocycles. The zero-order valence-corrected chi connectivity index (χ0v) is 17.3. The van der Waals surface area contributed by atoms with Gasteiger partial charge in [0.1, 0.15) is 41.5 Å². The SMILES string of the molecule is C=C(C)[C@@H]1Cc2oc(cc2CO)[C@@H]2O[C@@]2(C)C[C@H]2OC(=O)[C@@]3(O[C@H]23)[C@@H](OC(C)=O)C1. The van der Waals surface area contributed by atoms with Gasteiger partial charge in [0, 0.05) is 25.3 Å². The van der Waals surface area contributed by atoms with Gasteiger partial charge in [0.2, 0.25) is 5.60 Å². The van der Waals surface area contributed by atoms with Gasteiger partial charge in [-0.2, -0.15) is 0 Å². The van der Waals surface area contributed by atoms with Crippen LogP contribution in [0.2, 0.25) is 0 Å². The monoisotopic (exact) mass is 418 g/mol. The summed E-state index contributed by atoms with van der Waals surface area (Å²) < 4.78 is 29.2. The lowest BCUT2D eigenvalue weighted by atomic mass is 9.83. The number of hydrogen-bond donors (Lipinski definition) is 1. The van der Waals surface area contributed by atoms with Crippen molar-refractivity contribution in [3.63, 3.8) is 0 Å². The Morgan fingerprint density at radius 3 is 2.77 bits per heavy atom. The molecule has 4 aliphatic rings. The Morgan fingerprint density at radius 1 is 1.37 bits per heavy atom. The van der Waals surface area contributed by atoms with Crippen LogP contribution >= 0.6 is 0 Å². The lowest BCUT2D eigenvalue weighted by Crippen LogP contribution is -2.42. The minimum Gasteiger partial charge on any atom is -0.463 e. The number of allylic oxidation sites excluding steroid dienone is 1. The fourth-order valence-corrected chi connectivity index (χ4v) is 5.05. The highest BCUT2D eigenvalue weighted by Gasteiger charge is 2.79. The standard InChI is InChI=1S/C22H26O8/c1-10(2)12-5-14-13(9-23)6-15(27-14)18-21(4,29-18)8-16-19-22(30-19,20(25)28-16)17(7-12)26-11(3)24/h6,12,16-19,23H,1,5,7-9H2,2-4H3/t12-,16-,17+,18+,19-,21+,22-/m1/s1. The van der Waals surface area contributed by atoms with Crippen LogP contribution in [0.4, 0.5) is 0 Å². The van der Waals surface area contributed by atoms with E-state index in [1.165, 1.54) is 6.92 Å². The molecule has 0 amide bonds. The summed E-state index contributed by atoms with van der Waals surface area (Å²) in [6.07, 6.45) is -0.801. The van der Waals surface area contributed by atoms with E-state index in [4.69, 9.17) is 23.4 Å². The zero-order chi connectivity index (χ0) is 21.4. The summed E-state index contributed by atoms with van der Waals surface area (Å²) in [4.78, 5) is 24.7. The number of hydrogen-bond acceptors (Lipinski definition) is 8. The molecule has 0 saturated carbocycles. The van der Waals surface area contributed by atoms with E-state index in [-0.39, 0.29) is 18.6 Å². The van der Waals surface area contributed by atoms with Gasteiger partial charge in [0.15, 0.2) is 0 Å². The van der Waals surface area contributed by atoms with Gasteiger partial charge in [0.25, 0.3) is 0 Å². The highest BCUT2D eigenvalue weighted by atomic mass is 16.7. The molecular weight excluding hydrogens is 392 g/mol. The van der Waals surface area contributed by atoms with Gasteiger partial charge in [-0.3, -0.25) is 4.79 Å². The Bertz CT molecular complexity index is 934. The third kappa shape index (κ3) is 2.85. The summed E-state index contributed by atoms with van der Waals surface area (Å²) in [6, 6.07) is 1.83. The first kappa shape index (κ1) is 19.8. The highest BCUT2D eigenvalue weighted by molar-refractivity contribution is 5.88. The van der Waals surface area contributed by atoms with Crippen LogP contribution in [0.25, 0.3) is 0 Å². The molecule has 0 aliphatic carbocycles. The molecule has 3 fully saturated rings. The molecule has 0 aromatic carbocycles.